The average Bonchev–Trinajstić information content (AvgIpc) is 2.83. The van der Waals surface area contributed by atoms with Crippen LogP contribution in [0.3, 0.4) is 0 Å². The van der Waals surface area contributed by atoms with Crippen molar-refractivity contribution < 1.29 is 4.79 Å². The lowest BCUT2D eigenvalue weighted by atomic mass is 10.1. The number of rotatable bonds is 3. The smallest absolute Gasteiger partial charge is 0.166 e. The SMILES string of the molecule is Cc1ccc(Cc2nc3c(C=O)cccn3n2)cc1. The lowest BCUT2D eigenvalue weighted by molar-refractivity contribution is 0.112. The molecule has 4 heteroatoms. The summed E-state index contributed by atoms with van der Waals surface area (Å²) in [6, 6.07) is 11.8. The van der Waals surface area contributed by atoms with E-state index >= 15 is 0 Å². The first-order chi connectivity index (χ1) is 9.26. The quantitative estimate of drug-likeness (QED) is 0.672. The normalized spacial score (nSPS) is 10.8. The van der Waals surface area contributed by atoms with Crippen molar-refractivity contribution in [1.29, 1.82) is 0 Å². The molecule has 0 aliphatic heterocycles. The van der Waals surface area contributed by atoms with E-state index in [9.17, 15) is 4.79 Å². The van der Waals surface area contributed by atoms with Crippen LogP contribution in [0.4, 0.5) is 0 Å². The summed E-state index contributed by atoms with van der Waals surface area (Å²) in [6.45, 7) is 2.06. The van der Waals surface area contributed by atoms with E-state index in [1.165, 1.54) is 5.56 Å². The number of aldehydes is 1. The molecule has 0 bridgehead atoms. The molecule has 94 valence electrons. The summed E-state index contributed by atoms with van der Waals surface area (Å²) in [4.78, 5) is 15.4. The molecule has 0 atom stereocenters. The maximum Gasteiger partial charge on any atom is 0.166 e. The number of hydrogen-bond acceptors (Lipinski definition) is 3. The van der Waals surface area contributed by atoms with Gasteiger partial charge in [0.25, 0.3) is 0 Å². The second kappa shape index (κ2) is 4.65. The molecule has 1 aromatic carbocycles. The molecule has 0 saturated heterocycles. The zero-order chi connectivity index (χ0) is 13.2. The minimum Gasteiger partial charge on any atom is -0.298 e. The molecule has 0 aliphatic carbocycles. The molecule has 2 heterocycles. The van der Waals surface area contributed by atoms with Gasteiger partial charge in [-0.25, -0.2) is 9.50 Å². The third kappa shape index (κ3) is 2.25. The Balaban J connectivity index is 1.97. The third-order valence-corrected chi connectivity index (χ3v) is 3.05. The molecule has 3 rings (SSSR count). The Labute approximate surface area is 110 Å². The predicted octanol–water partition coefficient (Wildman–Crippen LogP) is 2.44. The summed E-state index contributed by atoms with van der Waals surface area (Å²) in [6.07, 6.45) is 3.27. The number of pyridine rings is 1. The first kappa shape index (κ1) is 11.6. The van der Waals surface area contributed by atoms with Gasteiger partial charge in [-0.3, -0.25) is 4.79 Å². The van der Waals surface area contributed by atoms with Crippen molar-refractivity contribution in [1.82, 2.24) is 14.6 Å². The number of nitrogens with zero attached hydrogens (tertiary/aromatic N) is 3. The summed E-state index contributed by atoms with van der Waals surface area (Å²) in [5, 5.41) is 4.39. The highest BCUT2D eigenvalue weighted by molar-refractivity contribution is 5.83. The fourth-order valence-corrected chi connectivity index (χ4v) is 2.03. The molecule has 0 radical (unpaired) electrons. The number of aromatic nitrogens is 3. The zero-order valence-electron chi connectivity index (χ0n) is 10.6. The molecule has 19 heavy (non-hydrogen) atoms. The van der Waals surface area contributed by atoms with E-state index in [1.807, 2.05) is 0 Å². The summed E-state index contributed by atoms with van der Waals surface area (Å²) >= 11 is 0. The van der Waals surface area contributed by atoms with Crippen LogP contribution < -0.4 is 0 Å². The van der Waals surface area contributed by atoms with Gasteiger partial charge >= 0.3 is 0 Å². The van der Waals surface area contributed by atoms with E-state index < -0.39 is 0 Å². The molecule has 0 N–H and O–H groups in total. The van der Waals surface area contributed by atoms with E-state index in [4.69, 9.17) is 0 Å². The Bertz CT molecular complexity index is 729. The number of aryl methyl sites for hydroxylation is 1. The first-order valence-corrected chi connectivity index (χ1v) is 6.11. The summed E-state index contributed by atoms with van der Waals surface area (Å²) in [7, 11) is 0. The van der Waals surface area contributed by atoms with Gasteiger partial charge in [0, 0.05) is 12.6 Å². The van der Waals surface area contributed by atoms with Crippen LogP contribution in [0.25, 0.3) is 5.65 Å². The van der Waals surface area contributed by atoms with Crippen molar-refractivity contribution in [3.8, 4) is 0 Å². The summed E-state index contributed by atoms with van der Waals surface area (Å²) < 4.78 is 1.65. The van der Waals surface area contributed by atoms with Crippen molar-refractivity contribution >= 4 is 11.9 Å². The van der Waals surface area contributed by atoms with Crippen LogP contribution in [-0.4, -0.2) is 20.9 Å². The Morgan fingerprint density at radius 2 is 2.00 bits per heavy atom. The van der Waals surface area contributed by atoms with Gasteiger partial charge in [0.05, 0.1) is 5.56 Å². The van der Waals surface area contributed by atoms with Crippen LogP contribution in [0, 0.1) is 6.92 Å². The lowest BCUT2D eigenvalue weighted by Gasteiger charge is -1.97. The molecule has 0 spiro atoms. The minimum atomic E-state index is 0.560. The largest absolute Gasteiger partial charge is 0.298 e. The average molecular weight is 251 g/mol. The first-order valence-electron chi connectivity index (χ1n) is 6.11. The fourth-order valence-electron chi connectivity index (χ4n) is 2.03. The molecule has 4 nitrogen and oxygen atoms in total. The molecular weight excluding hydrogens is 238 g/mol. The monoisotopic (exact) mass is 251 g/mol. The van der Waals surface area contributed by atoms with Crippen molar-refractivity contribution in [2.45, 2.75) is 13.3 Å². The summed E-state index contributed by atoms with van der Waals surface area (Å²) in [5.41, 5.74) is 3.56. The molecule has 2 aromatic heterocycles. The number of carbonyl (C=O) groups excluding carboxylic acids is 1. The molecule has 3 aromatic rings. The Morgan fingerprint density at radius 1 is 1.21 bits per heavy atom. The van der Waals surface area contributed by atoms with Gasteiger partial charge in [-0.2, -0.15) is 5.10 Å². The highest BCUT2D eigenvalue weighted by Gasteiger charge is 2.07. The summed E-state index contributed by atoms with van der Waals surface area (Å²) in [5.74, 6) is 0.721. The van der Waals surface area contributed by atoms with Crippen LogP contribution in [0.2, 0.25) is 0 Å². The van der Waals surface area contributed by atoms with Gasteiger partial charge in [0.2, 0.25) is 0 Å². The van der Waals surface area contributed by atoms with Gasteiger partial charge in [0.1, 0.15) is 0 Å². The van der Waals surface area contributed by atoms with Gasteiger partial charge in [-0.15, -0.1) is 0 Å². The molecular formula is C15H13N3O. The highest BCUT2D eigenvalue weighted by atomic mass is 16.1. The van der Waals surface area contributed by atoms with Crippen molar-refractivity contribution in [3.05, 3.63) is 65.1 Å². The van der Waals surface area contributed by atoms with Crippen LogP contribution >= 0.6 is 0 Å². The number of benzene rings is 1. The maximum absolute atomic E-state index is 10.9. The predicted molar refractivity (Wildman–Crippen MR) is 72.4 cm³/mol. The standard InChI is InChI=1S/C15H13N3O/c1-11-4-6-12(7-5-11)9-14-16-15-13(10-19)3-2-8-18(15)17-14/h2-8,10H,9H2,1H3. The Morgan fingerprint density at radius 3 is 2.74 bits per heavy atom. The van der Waals surface area contributed by atoms with Crippen molar-refractivity contribution in [3.63, 3.8) is 0 Å². The van der Waals surface area contributed by atoms with Gasteiger partial charge < -0.3 is 0 Å². The molecule has 0 saturated carbocycles. The van der Waals surface area contributed by atoms with E-state index in [1.54, 1.807) is 22.8 Å². The Hall–Kier alpha value is -2.49. The van der Waals surface area contributed by atoms with Crippen LogP contribution in [0.15, 0.2) is 42.6 Å². The van der Waals surface area contributed by atoms with E-state index in [-0.39, 0.29) is 0 Å². The zero-order valence-corrected chi connectivity index (χ0v) is 10.6. The third-order valence-electron chi connectivity index (χ3n) is 3.05. The number of hydrogen-bond donors (Lipinski definition) is 0. The molecule has 0 fully saturated rings. The lowest BCUT2D eigenvalue weighted by Crippen LogP contribution is -1.92. The topological polar surface area (TPSA) is 47.3 Å². The van der Waals surface area contributed by atoms with Gasteiger partial charge in [-0.05, 0) is 24.6 Å². The second-order valence-electron chi connectivity index (χ2n) is 4.54. The number of carbonyl (C=O) groups is 1. The van der Waals surface area contributed by atoms with Gasteiger partial charge in [0.15, 0.2) is 17.8 Å². The molecule has 0 aliphatic rings. The fraction of sp³-hybridized carbons (Fsp3) is 0.133. The van der Waals surface area contributed by atoms with E-state index in [2.05, 4.69) is 41.3 Å². The highest BCUT2D eigenvalue weighted by Crippen LogP contribution is 2.11. The van der Waals surface area contributed by atoms with Crippen LogP contribution in [0.1, 0.15) is 27.3 Å². The van der Waals surface area contributed by atoms with Gasteiger partial charge in [-0.1, -0.05) is 29.8 Å². The van der Waals surface area contributed by atoms with Crippen molar-refractivity contribution in [2.24, 2.45) is 0 Å². The number of fused-ring (bicyclic) bond motifs is 1. The second-order valence-corrected chi connectivity index (χ2v) is 4.54. The van der Waals surface area contributed by atoms with Crippen LogP contribution in [0.5, 0.6) is 0 Å². The Kier molecular flexibility index (Phi) is 2.83. The van der Waals surface area contributed by atoms with Crippen molar-refractivity contribution in [2.75, 3.05) is 0 Å². The molecule has 0 unspecified atom stereocenters. The molecule has 0 amide bonds. The van der Waals surface area contributed by atoms with E-state index in [0.717, 1.165) is 17.7 Å². The minimum absolute atomic E-state index is 0.560. The maximum atomic E-state index is 10.9. The van der Waals surface area contributed by atoms with Crippen LogP contribution in [-0.2, 0) is 6.42 Å². The van der Waals surface area contributed by atoms with E-state index in [0.29, 0.717) is 17.6 Å².